The highest BCUT2D eigenvalue weighted by Gasteiger charge is 2.14. The molecule has 1 unspecified atom stereocenters. The van der Waals surface area contributed by atoms with Gasteiger partial charge in [-0.1, -0.05) is 26.0 Å². The lowest BCUT2D eigenvalue weighted by atomic mass is 10.0. The molecule has 3 heteroatoms. The molecule has 0 fully saturated rings. The van der Waals surface area contributed by atoms with Crippen LogP contribution in [-0.2, 0) is 0 Å². The van der Waals surface area contributed by atoms with Crippen LogP contribution in [0.15, 0.2) is 35.0 Å². The van der Waals surface area contributed by atoms with Crippen LogP contribution in [0.2, 0.25) is 0 Å². The monoisotopic (exact) mass is 275 g/mol. The molecule has 1 aromatic carbocycles. The van der Waals surface area contributed by atoms with Gasteiger partial charge in [-0.2, -0.15) is 11.3 Å². The minimum atomic E-state index is -0.0626. The molecule has 0 aliphatic carbocycles. The summed E-state index contributed by atoms with van der Waals surface area (Å²) in [5.41, 5.74) is 9.44. The molecule has 0 amide bonds. The summed E-state index contributed by atoms with van der Waals surface area (Å²) in [5, 5.41) is 4.15. The van der Waals surface area contributed by atoms with Crippen LogP contribution in [0.25, 0.3) is 0 Å². The van der Waals surface area contributed by atoms with Gasteiger partial charge in [0.05, 0.1) is 0 Å². The summed E-state index contributed by atoms with van der Waals surface area (Å²) in [4.78, 5) is 0. The predicted molar refractivity (Wildman–Crippen MR) is 82.0 cm³/mol. The van der Waals surface area contributed by atoms with Crippen LogP contribution in [0.5, 0.6) is 5.75 Å². The Morgan fingerprint density at radius 1 is 1.21 bits per heavy atom. The summed E-state index contributed by atoms with van der Waals surface area (Å²) in [7, 11) is 0. The molecule has 102 valence electrons. The van der Waals surface area contributed by atoms with Crippen molar-refractivity contribution in [3.8, 4) is 5.75 Å². The first-order valence-electron chi connectivity index (χ1n) is 6.61. The molecule has 2 aromatic rings. The third-order valence-corrected chi connectivity index (χ3v) is 3.98. The first-order valence-corrected chi connectivity index (χ1v) is 7.55. The van der Waals surface area contributed by atoms with Crippen molar-refractivity contribution >= 4 is 11.3 Å². The van der Waals surface area contributed by atoms with Gasteiger partial charge >= 0.3 is 0 Å². The van der Waals surface area contributed by atoms with Gasteiger partial charge < -0.3 is 10.5 Å². The Labute approximate surface area is 119 Å². The Morgan fingerprint density at radius 3 is 2.58 bits per heavy atom. The Morgan fingerprint density at radius 2 is 2.00 bits per heavy atom. The standard InChI is InChI=1S/C16H21NOS/c1-11(2)13-5-4-12(3)15(8-13)18-16(9-17)14-6-7-19-10-14/h4-8,10-11,16H,9,17H2,1-3H3. The second kappa shape index (κ2) is 6.22. The third kappa shape index (κ3) is 3.37. The number of benzene rings is 1. The van der Waals surface area contributed by atoms with Gasteiger partial charge in [0.2, 0.25) is 0 Å². The number of thiophene rings is 1. The largest absolute Gasteiger partial charge is 0.484 e. The second-order valence-electron chi connectivity index (χ2n) is 5.08. The molecule has 1 aromatic heterocycles. The van der Waals surface area contributed by atoms with E-state index in [4.69, 9.17) is 10.5 Å². The molecule has 0 radical (unpaired) electrons. The van der Waals surface area contributed by atoms with Crippen molar-refractivity contribution in [3.63, 3.8) is 0 Å². The smallest absolute Gasteiger partial charge is 0.137 e. The first kappa shape index (κ1) is 14.1. The van der Waals surface area contributed by atoms with Crippen LogP contribution in [-0.4, -0.2) is 6.54 Å². The lowest BCUT2D eigenvalue weighted by Crippen LogP contribution is -2.18. The fourth-order valence-electron chi connectivity index (χ4n) is 1.97. The maximum absolute atomic E-state index is 6.11. The number of aryl methyl sites for hydroxylation is 1. The Kier molecular flexibility index (Phi) is 4.61. The molecule has 2 rings (SSSR count). The van der Waals surface area contributed by atoms with Crippen molar-refractivity contribution < 1.29 is 4.74 Å². The number of hydrogen-bond donors (Lipinski definition) is 1. The van der Waals surface area contributed by atoms with Gasteiger partial charge in [0.15, 0.2) is 0 Å². The summed E-state index contributed by atoms with van der Waals surface area (Å²) >= 11 is 1.67. The van der Waals surface area contributed by atoms with Crippen molar-refractivity contribution in [1.29, 1.82) is 0 Å². The highest BCUT2D eigenvalue weighted by atomic mass is 32.1. The molecule has 1 atom stereocenters. The van der Waals surface area contributed by atoms with E-state index in [1.54, 1.807) is 11.3 Å². The van der Waals surface area contributed by atoms with Gasteiger partial charge in [-0.05, 0) is 46.9 Å². The molecule has 0 aliphatic heterocycles. The van der Waals surface area contributed by atoms with Crippen molar-refractivity contribution in [3.05, 3.63) is 51.7 Å². The van der Waals surface area contributed by atoms with Crippen LogP contribution in [0, 0.1) is 6.92 Å². The number of nitrogens with two attached hydrogens (primary N) is 1. The minimum Gasteiger partial charge on any atom is -0.484 e. The molecule has 0 saturated carbocycles. The van der Waals surface area contributed by atoms with Crippen LogP contribution in [0.4, 0.5) is 0 Å². The molecule has 2 nitrogen and oxygen atoms in total. The number of ether oxygens (including phenoxy) is 1. The van der Waals surface area contributed by atoms with E-state index in [-0.39, 0.29) is 6.10 Å². The summed E-state index contributed by atoms with van der Waals surface area (Å²) in [6, 6.07) is 8.49. The van der Waals surface area contributed by atoms with Gasteiger partial charge in [-0.3, -0.25) is 0 Å². The molecule has 0 bridgehead atoms. The topological polar surface area (TPSA) is 35.2 Å². The Balaban J connectivity index is 2.24. The second-order valence-corrected chi connectivity index (χ2v) is 5.86. The SMILES string of the molecule is Cc1ccc(C(C)C)cc1OC(CN)c1ccsc1. The van der Waals surface area contributed by atoms with Gasteiger partial charge in [0, 0.05) is 12.1 Å². The van der Waals surface area contributed by atoms with Crippen LogP contribution in [0.3, 0.4) is 0 Å². The molecule has 1 heterocycles. The van der Waals surface area contributed by atoms with Crippen molar-refractivity contribution in [2.45, 2.75) is 32.8 Å². The van der Waals surface area contributed by atoms with E-state index in [2.05, 4.69) is 55.8 Å². The lowest BCUT2D eigenvalue weighted by molar-refractivity contribution is 0.213. The van der Waals surface area contributed by atoms with Crippen molar-refractivity contribution in [2.75, 3.05) is 6.54 Å². The highest BCUT2D eigenvalue weighted by Crippen LogP contribution is 2.29. The van der Waals surface area contributed by atoms with Gasteiger partial charge in [0.25, 0.3) is 0 Å². The van der Waals surface area contributed by atoms with Crippen molar-refractivity contribution in [2.24, 2.45) is 5.73 Å². The zero-order chi connectivity index (χ0) is 13.8. The lowest BCUT2D eigenvalue weighted by Gasteiger charge is -2.19. The average Bonchev–Trinajstić information content (AvgIpc) is 2.91. The van der Waals surface area contributed by atoms with Crippen molar-refractivity contribution in [1.82, 2.24) is 0 Å². The van der Waals surface area contributed by atoms with E-state index in [1.807, 2.05) is 0 Å². The molecule has 0 spiro atoms. The normalized spacial score (nSPS) is 12.7. The molecule has 2 N–H and O–H groups in total. The van der Waals surface area contributed by atoms with Crippen LogP contribution >= 0.6 is 11.3 Å². The summed E-state index contributed by atoms with van der Waals surface area (Å²) < 4.78 is 6.11. The fourth-order valence-corrected chi connectivity index (χ4v) is 2.67. The van der Waals surface area contributed by atoms with E-state index in [9.17, 15) is 0 Å². The molecular weight excluding hydrogens is 254 g/mol. The summed E-state index contributed by atoms with van der Waals surface area (Å²) in [5.74, 6) is 1.44. The van der Waals surface area contributed by atoms with Gasteiger partial charge in [-0.25, -0.2) is 0 Å². The zero-order valence-corrected chi connectivity index (χ0v) is 12.5. The highest BCUT2D eigenvalue weighted by molar-refractivity contribution is 7.07. The zero-order valence-electron chi connectivity index (χ0n) is 11.7. The van der Waals surface area contributed by atoms with E-state index < -0.39 is 0 Å². The maximum Gasteiger partial charge on any atom is 0.137 e. The predicted octanol–water partition coefficient (Wildman–Crippen LogP) is 4.26. The molecular formula is C16H21NOS. The third-order valence-electron chi connectivity index (χ3n) is 3.28. The Bertz CT molecular complexity index is 520. The molecule has 19 heavy (non-hydrogen) atoms. The number of rotatable bonds is 5. The van der Waals surface area contributed by atoms with Crippen LogP contribution < -0.4 is 10.5 Å². The van der Waals surface area contributed by atoms with E-state index >= 15 is 0 Å². The summed E-state index contributed by atoms with van der Waals surface area (Å²) in [6.45, 7) is 6.93. The fraction of sp³-hybridized carbons (Fsp3) is 0.375. The summed E-state index contributed by atoms with van der Waals surface area (Å²) in [6.07, 6.45) is -0.0626. The maximum atomic E-state index is 6.11. The first-order chi connectivity index (χ1) is 9.11. The van der Waals surface area contributed by atoms with Gasteiger partial charge in [-0.15, -0.1) is 0 Å². The van der Waals surface area contributed by atoms with E-state index in [0.717, 1.165) is 16.9 Å². The van der Waals surface area contributed by atoms with E-state index in [0.29, 0.717) is 12.5 Å². The van der Waals surface area contributed by atoms with E-state index in [1.165, 1.54) is 5.56 Å². The average molecular weight is 275 g/mol. The number of hydrogen-bond acceptors (Lipinski definition) is 3. The molecule has 0 aliphatic rings. The molecule has 0 saturated heterocycles. The van der Waals surface area contributed by atoms with Crippen LogP contribution in [0.1, 0.15) is 42.6 Å². The van der Waals surface area contributed by atoms with Gasteiger partial charge in [0.1, 0.15) is 11.9 Å². The Hall–Kier alpha value is -1.32. The minimum absolute atomic E-state index is 0.0626. The quantitative estimate of drug-likeness (QED) is 0.885.